The van der Waals surface area contributed by atoms with E-state index in [0.29, 0.717) is 13.0 Å². The van der Waals surface area contributed by atoms with Gasteiger partial charge in [-0.1, -0.05) is 12.1 Å². The Morgan fingerprint density at radius 2 is 2.11 bits per heavy atom. The smallest absolute Gasteiger partial charge is 0.163 e. The van der Waals surface area contributed by atoms with Gasteiger partial charge in [0.15, 0.2) is 5.78 Å². The molecule has 1 aromatic heterocycles. The Morgan fingerprint density at radius 1 is 1.21 bits per heavy atom. The molecule has 98 valence electrons. The first kappa shape index (κ1) is 12.9. The average Bonchev–Trinajstić information content (AvgIpc) is 2.83. The van der Waals surface area contributed by atoms with Crippen molar-refractivity contribution < 1.29 is 9.53 Å². The third-order valence-electron chi connectivity index (χ3n) is 3.26. The van der Waals surface area contributed by atoms with Gasteiger partial charge in [0.1, 0.15) is 12.4 Å². The molecule has 0 fully saturated rings. The zero-order valence-corrected chi connectivity index (χ0v) is 12.7. The van der Waals surface area contributed by atoms with Gasteiger partial charge in [-0.2, -0.15) is 0 Å². The summed E-state index contributed by atoms with van der Waals surface area (Å²) in [6.45, 7) is 0.556. The topological polar surface area (TPSA) is 26.3 Å². The summed E-state index contributed by atoms with van der Waals surface area (Å²) < 4.78 is 7.00. The minimum atomic E-state index is 0.241. The van der Waals surface area contributed by atoms with Crippen LogP contribution >= 0.6 is 27.3 Å². The van der Waals surface area contributed by atoms with Crippen molar-refractivity contribution in [2.75, 3.05) is 0 Å². The predicted molar refractivity (Wildman–Crippen MR) is 80.1 cm³/mol. The van der Waals surface area contributed by atoms with Crippen LogP contribution in [0.25, 0.3) is 0 Å². The number of benzene rings is 1. The fraction of sp³-hybridized carbons (Fsp3) is 0.267. The van der Waals surface area contributed by atoms with Crippen LogP contribution in [0.2, 0.25) is 0 Å². The maximum absolute atomic E-state index is 11.9. The number of hydrogen-bond donors (Lipinski definition) is 0. The fourth-order valence-electron chi connectivity index (χ4n) is 2.36. The molecule has 0 saturated carbocycles. The maximum atomic E-state index is 11.9. The second-order valence-electron chi connectivity index (χ2n) is 4.55. The number of ketones is 1. The highest BCUT2D eigenvalue weighted by molar-refractivity contribution is 9.11. The van der Waals surface area contributed by atoms with Crippen LogP contribution in [0.15, 0.2) is 34.1 Å². The van der Waals surface area contributed by atoms with Gasteiger partial charge < -0.3 is 4.74 Å². The van der Waals surface area contributed by atoms with Crippen molar-refractivity contribution in [3.8, 4) is 5.75 Å². The number of carbonyl (C=O) groups is 1. The summed E-state index contributed by atoms with van der Waals surface area (Å²) in [5.41, 5.74) is 1.92. The van der Waals surface area contributed by atoms with Crippen LogP contribution in [-0.4, -0.2) is 5.78 Å². The van der Waals surface area contributed by atoms with Crippen molar-refractivity contribution in [3.05, 3.63) is 50.1 Å². The van der Waals surface area contributed by atoms with E-state index < -0.39 is 0 Å². The van der Waals surface area contributed by atoms with Crippen molar-refractivity contribution in [1.29, 1.82) is 0 Å². The molecule has 1 aromatic carbocycles. The second kappa shape index (κ2) is 5.47. The number of carbonyl (C=O) groups excluding carboxylic acids is 1. The normalized spacial score (nSPS) is 14.3. The minimum absolute atomic E-state index is 0.241. The standard InChI is InChI=1S/C15H13BrO2S/c16-15-8-7-10(19-15)9-18-14-6-2-3-11-12(14)4-1-5-13(11)17/h2-3,6-8H,1,4-5,9H2. The van der Waals surface area contributed by atoms with Crippen LogP contribution < -0.4 is 4.74 Å². The molecule has 0 spiro atoms. The fourth-order valence-corrected chi connectivity index (χ4v) is 3.75. The molecule has 1 heterocycles. The Hall–Kier alpha value is -1.13. The molecule has 4 heteroatoms. The zero-order chi connectivity index (χ0) is 13.2. The van der Waals surface area contributed by atoms with Gasteiger partial charge in [0, 0.05) is 22.4 Å². The highest BCUT2D eigenvalue weighted by atomic mass is 79.9. The molecule has 1 aliphatic carbocycles. The summed E-state index contributed by atoms with van der Waals surface area (Å²) in [5.74, 6) is 1.10. The Bertz CT molecular complexity index is 618. The van der Waals surface area contributed by atoms with Crippen molar-refractivity contribution in [2.24, 2.45) is 0 Å². The van der Waals surface area contributed by atoms with Crippen molar-refractivity contribution in [2.45, 2.75) is 25.9 Å². The molecule has 0 radical (unpaired) electrons. The van der Waals surface area contributed by atoms with Crippen LogP contribution in [0.5, 0.6) is 5.75 Å². The molecule has 0 N–H and O–H groups in total. The number of Topliss-reactive ketones (excluding diaryl/α,β-unsaturated/α-hetero) is 1. The molecule has 2 aromatic rings. The van der Waals surface area contributed by atoms with Gasteiger partial charge in [-0.05, 0) is 47.0 Å². The van der Waals surface area contributed by atoms with Gasteiger partial charge in [-0.25, -0.2) is 0 Å². The van der Waals surface area contributed by atoms with Crippen LogP contribution in [-0.2, 0) is 13.0 Å². The number of fused-ring (bicyclic) bond motifs is 1. The van der Waals surface area contributed by atoms with E-state index in [4.69, 9.17) is 4.74 Å². The Balaban J connectivity index is 1.81. The quantitative estimate of drug-likeness (QED) is 0.818. The van der Waals surface area contributed by atoms with E-state index in [1.807, 2.05) is 24.3 Å². The van der Waals surface area contributed by atoms with Crippen LogP contribution in [0.1, 0.15) is 33.6 Å². The summed E-state index contributed by atoms with van der Waals surface area (Å²) in [4.78, 5) is 13.0. The lowest BCUT2D eigenvalue weighted by Gasteiger charge is -2.18. The molecular weight excluding hydrogens is 324 g/mol. The third kappa shape index (κ3) is 2.74. The molecule has 19 heavy (non-hydrogen) atoms. The highest BCUT2D eigenvalue weighted by Crippen LogP contribution is 2.31. The van der Waals surface area contributed by atoms with E-state index >= 15 is 0 Å². The van der Waals surface area contributed by atoms with Gasteiger partial charge in [-0.3, -0.25) is 4.79 Å². The molecule has 0 amide bonds. The van der Waals surface area contributed by atoms with E-state index in [-0.39, 0.29) is 5.78 Å². The maximum Gasteiger partial charge on any atom is 0.163 e. The first-order valence-electron chi connectivity index (χ1n) is 6.26. The molecule has 0 bridgehead atoms. The van der Waals surface area contributed by atoms with Crippen LogP contribution in [0, 0.1) is 0 Å². The number of halogens is 1. The van der Waals surface area contributed by atoms with E-state index in [0.717, 1.165) is 33.5 Å². The van der Waals surface area contributed by atoms with Crippen molar-refractivity contribution in [1.82, 2.24) is 0 Å². The van der Waals surface area contributed by atoms with Gasteiger partial charge in [0.2, 0.25) is 0 Å². The second-order valence-corrected chi connectivity index (χ2v) is 7.10. The Morgan fingerprint density at radius 3 is 2.89 bits per heavy atom. The lowest BCUT2D eigenvalue weighted by molar-refractivity contribution is 0.0971. The molecule has 0 saturated heterocycles. The zero-order valence-electron chi connectivity index (χ0n) is 10.3. The van der Waals surface area contributed by atoms with E-state index in [1.165, 1.54) is 4.88 Å². The predicted octanol–water partition coefficient (Wildman–Crippen LogP) is 4.61. The first-order valence-corrected chi connectivity index (χ1v) is 7.87. The summed E-state index contributed by atoms with van der Waals surface area (Å²) in [6, 6.07) is 9.84. The lowest BCUT2D eigenvalue weighted by atomic mass is 9.90. The van der Waals surface area contributed by atoms with Gasteiger partial charge in [0.05, 0.1) is 3.79 Å². The average molecular weight is 337 g/mol. The summed E-state index contributed by atoms with van der Waals surface area (Å²) in [5, 5.41) is 0. The van der Waals surface area contributed by atoms with Crippen molar-refractivity contribution >= 4 is 33.0 Å². The van der Waals surface area contributed by atoms with E-state index in [2.05, 4.69) is 22.0 Å². The molecule has 0 atom stereocenters. The number of ether oxygens (including phenoxy) is 1. The monoisotopic (exact) mass is 336 g/mol. The van der Waals surface area contributed by atoms with Crippen LogP contribution in [0.4, 0.5) is 0 Å². The summed E-state index contributed by atoms with van der Waals surface area (Å²) >= 11 is 5.11. The molecular formula is C15H13BrO2S. The van der Waals surface area contributed by atoms with Crippen molar-refractivity contribution in [3.63, 3.8) is 0 Å². The number of rotatable bonds is 3. The van der Waals surface area contributed by atoms with Gasteiger partial charge in [0.25, 0.3) is 0 Å². The number of thiophene rings is 1. The van der Waals surface area contributed by atoms with Gasteiger partial charge in [-0.15, -0.1) is 11.3 Å². The SMILES string of the molecule is O=C1CCCc2c(OCc3ccc(Br)s3)cccc21. The summed E-state index contributed by atoms with van der Waals surface area (Å²) in [7, 11) is 0. The molecule has 0 aliphatic heterocycles. The molecule has 0 unspecified atom stereocenters. The molecule has 1 aliphatic rings. The minimum Gasteiger partial charge on any atom is -0.488 e. The lowest BCUT2D eigenvalue weighted by Crippen LogP contribution is -2.12. The highest BCUT2D eigenvalue weighted by Gasteiger charge is 2.20. The van der Waals surface area contributed by atoms with Crippen LogP contribution in [0.3, 0.4) is 0 Å². The van der Waals surface area contributed by atoms with Gasteiger partial charge >= 0.3 is 0 Å². The molecule has 3 rings (SSSR count). The third-order valence-corrected chi connectivity index (χ3v) is 4.86. The largest absolute Gasteiger partial charge is 0.488 e. The van der Waals surface area contributed by atoms with E-state index in [9.17, 15) is 4.79 Å². The first-order chi connectivity index (χ1) is 9.24. The summed E-state index contributed by atoms with van der Waals surface area (Å²) in [6.07, 6.45) is 2.52. The number of hydrogen-bond acceptors (Lipinski definition) is 3. The Kier molecular flexibility index (Phi) is 3.71. The Labute approximate surface area is 124 Å². The van der Waals surface area contributed by atoms with E-state index in [1.54, 1.807) is 11.3 Å². The molecule has 2 nitrogen and oxygen atoms in total.